The number of amides is 1. The monoisotopic (exact) mass is 608 g/mol. The van der Waals surface area contributed by atoms with E-state index in [1.807, 2.05) is 43.9 Å². The van der Waals surface area contributed by atoms with E-state index in [9.17, 15) is 9.59 Å². The van der Waals surface area contributed by atoms with Gasteiger partial charge in [0.1, 0.15) is 17.1 Å². The Morgan fingerprint density at radius 3 is 2.40 bits per heavy atom. The van der Waals surface area contributed by atoms with E-state index in [0.717, 1.165) is 61.1 Å². The lowest BCUT2D eigenvalue weighted by atomic mass is 9.99. The summed E-state index contributed by atoms with van der Waals surface area (Å²) >= 11 is 13.0. The zero-order valence-electron chi connectivity index (χ0n) is 24.0. The molecule has 1 aliphatic heterocycles. The van der Waals surface area contributed by atoms with Crippen LogP contribution in [0.4, 0.5) is 5.69 Å². The van der Waals surface area contributed by atoms with E-state index >= 15 is 0 Å². The molecule has 3 saturated carbocycles. The fraction of sp³-hybridized carbons (Fsp3) is 0.485. The Morgan fingerprint density at radius 1 is 1.05 bits per heavy atom. The number of ether oxygens (including phenoxy) is 2. The maximum atomic E-state index is 13.7. The molecular formula is C33H34Cl2N2O5. The standard InChI is InChI=1S/C33H34Cl2N2O5/c1-33(2,3)41-32(39)21-12-11-19(13-22(21)17-7-8-17)37-20-14-23(31(37)38)27(15-20)40-16-24-29(36-42-30(24)18-9-10-18)28-25(34)5-4-6-26(28)35/h4-6,11-13,17-18,20,23,27H,7-10,14-16H2,1-3H3/t20-,23+,27+/m0/s1. The molecule has 0 N–H and O–H groups in total. The van der Waals surface area contributed by atoms with Gasteiger partial charge in [-0.05, 0) is 101 Å². The maximum Gasteiger partial charge on any atom is 0.338 e. The lowest BCUT2D eigenvalue weighted by molar-refractivity contribution is -0.126. The number of fused-ring (bicyclic) bond motifs is 2. The van der Waals surface area contributed by atoms with Crippen LogP contribution < -0.4 is 4.90 Å². The molecule has 4 fully saturated rings. The van der Waals surface area contributed by atoms with E-state index < -0.39 is 5.60 Å². The number of anilines is 1. The van der Waals surface area contributed by atoms with Gasteiger partial charge in [0.25, 0.3) is 0 Å². The first kappa shape index (κ1) is 27.9. The van der Waals surface area contributed by atoms with Gasteiger partial charge in [-0.25, -0.2) is 4.79 Å². The van der Waals surface area contributed by atoms with Crippen LogP contribution in [0.2, 0.25) is 10.0 Å². The van der Waals surface area contributed by atoms with Crippen LogP contribution >= 0.6 is 23.2 Å². The summed E-state index contributed by atoms with van der Waals surface area (Å²) in [5.74, 6) is 1.04. The number of benzene rings is 2. The highest BCUT2D eigenvalue weighted by molar-refractivity contribution is 6.39. The first-order valence-corrected chi connectivity index (χ1v) is 15.6. The third-order valence-corrected chi connectivity index (χ3v) is 9.39. The Kier molecular flexibility index (Phi) is 6.91. The van der Waals surface area contributed by atoms with Gasteiger partial charge in [-0.15, -0.1) is 0 Å². The largest absolute Gasteiger partial charge is 0.456 e. The molecule has 9 heteroatoms. The topological polar surface area (TPSA) is 81.9 Å². The molecule has 0 spiro atoms. The van der Waals surface area contributed by atoms with E-state index in [2.05, 4.69) is 5.16 Å². The molecule has 1 saturated heterocycles. The van der Waals surface area contributed by atoms with Crippen LogP contribution in [0.5, 0.6) is 0 Å². The molecule has 7 rings (SSSR count). The van der Waals surface area contributed by atoms with Crippen LogP contribution in [0.25, 0.3) is 11.3 Å². The Labute approximate surface area is 255 Å². The molecule has 0 unspecified atom stereocenters. The minimum Gasteiger partial charge on any atom is -0.456 e. The highest BCUT2D eigenvalue weighted by Gasteiger charge is 2.52. The summed E-state index contributed by atoms with van der Waals surface area (Å²) in [6.45, 7) is 5.90. The first-order valence-electron chi connectivity index (χ1n) is 14.8. The predicted molar refractivity (Wildman–Crippen MR) is 160 cm³/mol. The zero-order chi connectivity index (χ0) is 29.3. The third-order valence-electron chi connectivity index (χ3n) is 8.76. The lowest BCUT2D eigenvalue weighted by Crippen LogP contribution is -2.43. The second-order valence-electron chi connectivity index (χ2n) is 13.1. The van der Waals surface area contributed by atoms with Crippen molar-refractivity contribution in [3.8, 4) is 11.3 Å². The summed E-state index contributed by atoms with van der Waals surface area (Å²) in [6.07, 6.45) is 5.49. The van der Waals surface area contributed by atoms with E-state index in [1.54, 1.807) is 18.2 Å². The van der Waals surface area contributed by atoms with Gasteiger partial charge < -0.3 is 18.9 Å². The molecule has 1 amide bonds. The van der Waals surface area contributed by atoms with Gasteiger partial charge in [0.15, 0.2) is 0 Å². The van der Waals surface area contributed by atoms with Crippen molar-refractivity contribution in [1.82, 2.24) is 5.16 Å². The Balaban J connectivity index is 1.09. The average Bonchev–Trinajstić information content (AvgIpc) is 3.85. The minimum absolute atomic E-state index is 0.0507. The van der Waals surface area contributed by atoms with Crippen LogP contribution in [0, 0.1) is 5.92 Å². The number of rotatable bonds is 8. The van der Waals surface area contributed by atoms with Crippen molar-refractivity contribution in [2.24, 2.45) is 5.92 Å². The highest BCUT2D eigenvalue weighted by atomic mass is 35.5. The molecule has 2 bridgehead atoms. The number of carbonyl (C=O) groups excluding carboxylic acids is 2. The van der Waals surface area contributed by atoms with Gasteiger partial charge >= 0.3 is 5.97 Å². The number of halogens is 2. The molecule has 3 aromatic rings. The number of carbonyl (C=O) groups is 2. The van der Waals surface area contributed by atoms with Crippen molar-refractivity contribution in [1.29, 1.82) is 0 Å². The second kappa shape index (κ2) is 10.4. The number of piperidine rings is 1. The molecule has 7 nitrogen and oxygen atoms in total. The van der Waals surface area contributed by atoms with Gasteiger partial charge in [0.05, 0.1) is 34.2 Å². The Hall–Kier alpha value is -2.87. The molecule has 1 aromatic heterocycles. The smallest absolute Gasteiger partial charge is 0.338 e. The molecule has 3 aliphatic carbocycles. The lowest BCUT2D eigenvalue weighted by Gasteiger charge is -2.32. The normalized spacial score (nSPS) is 23.6. The molecule has 42 heavy (non-hydrogen) atoms. The van der Waals surface area contributed by atoms with Crippen LogP contribution in [-0.4, -0.2) is 34.8 Å². The van der Waals surface area contributed by atoms with Crippen molar-refractivity contribution in [2.75, 3.05) is 4.90 Å². The zero-order valence-corrected chi connectivity index (χ0v) is 25.5. The fourth-order valence-electron chi connectivity index (χ4n) is 6.51. The van der Waals surface area contributed by atoms with Crippen LogP contribution in [0.15, 0.2) is 40.9 Å². The average molecular weight is 610 g/mol. The maximum absolute atomic E-state index is 13.7. The molecule has 2 heterocycles. The quantitative estimate of drug-likeness (QED) is 0.240. The van der Waals surface area contributed by atoms with Gasteiger partial charge in [-0.3, -0.25) is 4.79 Å². The van der Waals surface area contributed by atoms with Gasteiger partial charge in [0, 0.05) is 28.8 Å². The SMILES string of the molecule is CC(C)(C)OC(=O)c1ccc(N2C(=O)[C@@H]3C[C@H]2C[C@H]3OCc2c(-c3c(Cl)cccc3Cl)noc2C2CC2)cc1C1CC1. The fourth-order valence-corrected chi connectivity index (χ4v) is 7.09. The summed E-state index contributed by atoms with van der Waals surface area (Å²) in [5.41, 5.74) is 3.99. The van der Waals surface area contributed by atoms with Crippen molar-refractivity contribution < 1.29 is 23.6 Å². The molecule has 3 atom stereocenters. The number of hydrogen-bond donors (Lipinski definition) is 0. The minimum atomic E-state index is -0.567. The van der Waals surface area contributed by atoms with Crippen molar-refractivity contribution in [2.45, 2.75) is 95.5 Å². The summed E-state index contributed by atoms with van der Waals surface area (Å²) in [4.78, 5) is 28.5. The summed E-state index contributed by atoms with van der Waals surface area (Å²) in [6, 6.07) is 11.2. The number of nitrogens with zero attached hydrogens (tertiary/aromatic N) is 2. The van der Waals surface area contributed by atoms with E-state index in [0.29, 0.717) is 38.7 Å². The van der Waals surface area contributed by atoms with Crippen molar-refractivity contribution in [3.05, 3.63) is 68.9 Å². The summed E-state index contributed by atoms with van der Waals surface area (Å²) in [7, 11) is 0. The second-order valence-corrected chi connectivity index (χ2v) is 13.9. The van der Waals surface area contributed by atoms with E-state index in [1.165, 1.54) is 0 Å². The summed E-state index contributed by atoms with van der Waals surface area (Å²) in [5, 5.41) is 5.38. The molecule has 0 radical (unpaired) electrons. The van der Waals surface area contributed by atoms with Crippen molar-refractivity contribution >= 4 is 40.8 Å². The number of aromatic nitrogens is 1. The summed E-state index contributed by atoms with van der Waals surface area (Å²) < 4.78 is 17.9. The van der Waals surface area contributed by atoms with Crippen LogP contribution in [0.3, 0.4) is 0 Å². The third kappa shape index (κ3) is 5.14. The molecule has 4 aliphatic rings. The molecule has 2 aromatic carbocycles. The van der Waals surface area contributed by atoms with E-state index in [4.69, 9.17) is 37.2 Å². The predicted octanol–water partition coefficient (Wildman–Crippen LogP) is 8.07. The van der Waals surface area contributed by atoms with Gasteiger partial charge in [0.2, 0.25) is 5.91 Å². The Bertz CT molecular complexity index is 1550. The van der Waals surface area contributed by atoms with Crippen molar-refractivity contribution in [3.63, 3.8) is 0 Å². The van der Waals surface area contributed by atoms with Gasteiger partial charge in [-0.2, -0.15) is 0 Å². The first-order chi connectivity index (χ1) is 20.1. The Morgan fingerprint density at radius 2 is 1.76 bits per heavy atom. The van der Waals surface area contributed by atoms with Crippen LogP contribution in [0.1, 0.15) is 98.4 Å². The van der Waals surface area contributed by atoms with Gasteiger partial charge in [-0.1, -0.05) is 34.4 Å². The number of hydrogen-bond acceptors (Lipinski definition) is 6. The molecular weight excluding hydrogens is 575 g/mol. The van der Waals surface area contributed by atoms with E-state index in [-0.39, 0.29) is 36.5 Å². The molecule has 220 valence electrons. The van der Waals surface area contributed by atoms with Crippen LogP contribution in [-0.2, 0) is 20.9 Å². The highest BCUT2D eigenvalue weighted by Crippen LogP contribution is 2.49. The number of esters is 1.